The van der Waals surface area contributed by atoms with E-state index >= 15 is 0 Å². The highest BCUT2D eigenvalue weighted by molar-refractivity contribution is 6.30. The molecule has 0 fully saturated rings. The summed E-state index contributed by atoms with van der Waals surface area (Å²) >= 11 is 5.88. The zero-order valence-electron chi connectivity index (χ0n) is 15.8. The van der Waals surface area contributed by atoms with E-state index in [4.69, 9.17) is 16.1 Å². The molecule has 0 saturated heterocycles. The minimum atomic E-state index is -0.175. The van der Waals surface area contributed by atoms with E-state index in [1.165, 1.54) is 0 Å². The van der Waals surface area contributed by atoms with E-state index < -0.39 is 0 Å². The molecule has 2 amide bonds. The second-order valence-electron chi connectivity index (χ2n) is 6.79. The number of carbonyl (C=O) groups is 2. The number of benzene rings is 2. The summed E-state index contributed by atoms with van der Waals surface area (Å²) in [7, 11) is 0. The van der Waals surface area contributed by atoms with Crippen LogP contribution in [0.3, 0.4) is 0 Å². The van der Waals surface area contributed by atoms with Gasteiger partial charge in [0.25, 0.3) is 5.91 Å². The molecule has 1 N–H and O–H groups in total. The second-order valence-corrected chi connectivity index (χ2v) is 7.23. The van der Waals surface area contributed by atoms with Crippen molar-refractivity contribution in [1.82, 2.24) is 15.5 Å². The van der Waals surface area contributed by atoms with Crippen LogP contribution in [0, 0.1) is 0 Å². The van der Waals surface area contributed by atoms with Gasteiger partial charge < -0.3 is 14.7 Å². The monoisotopic (exact) mass is 410 g/mol. The summed E-state index contributed by atoms with van der Waals surface area (Å²) in [6, 6.07) is 12.6. The maximum absolute atomic E-state index is 12.4. The first kappa shape index (κ1) is 19.1. The molecule has 3 aromatic rings. The number of rotatable bonds is 5. The fourth-order valence-corrected chi connectivity index (χ4v) is 3.45. The Kier molecular flexibility index (Phi) is 5.31. The van der Waals surface area contributed by atoms with Gasteiger partial charge in [0, 0.05) is 48.3 Å². The number of hydrogen-bond acceptors (Lipinski definition) is 5. The largest absolute Gasteiger partial charge is 0.352 e. The third-order valence-electron chi connectivity index (χ3n) is 4.81. The van der Waals surface area contributed by atoms with Crippen molar-refractivity contribution in [3.63, 3.8) is 0 Å². The molecule has 8 heteroatoms. The van der Waals surface area contributed by atoms with E-state index in [9.17, 15) is 9.59 Å². The Morgan fingerprint density at radius 3 is 2.76 bits per heavy atom. The van der Waals surface area contributed by atoms with Gasteiger partial charge in [0.1, 0.15) is 0 Å². The molecule has 4 rings (SSSR count). The summed E-state index contributed by atoms with van der Waals surface area (Å²) in [5, 5.41) is 7.46. The van der Waals surface area contributed by atoms with Gasteiger partial charge in [-0.3, -0.25) is 9.59 Å². The van der Waals surface area contributed by atoms with Gasteiger partial charge >= 0.3 is 0 Å². The standard InChI is InChI=1S/C21H19ClN4O3/c1-13(27)26-11-9-15-12-16(4-7-18(15)26)21(28)23-10-8-19-24-20(25-29-19)14-2-5-17(22)6-3-14/h2-7,12H,8-11H2,1H3,(H,23,28). The Balaban J connectivity index is 1.34. The van der Waals surface area contributed by atoms with Crippen molar-refractivity contribution in [3.8, 4) is 11.4 Å². The number of halogens is 1. The van der Waals surface area contributed by atoms with E-state index in [1.807, 2.05) is 24.3 Å². The Bertz CT molecular complexity index is 1060. The molecule has 2 aromatic carbocycles. The molecule has 1 aliphatic heterocycles. The molecule has 1 aliphatic rings. The third-order valence-corrected chi connectivity index (χ3v) is 5.06. The SMILES string of the molecule is CC(=O)N1CCc2cc(C(=O)NCCc3nc(-c4ccc(Cl)cc4)no3)ccc21. The van der Waals surface area contributed by atoms with Gasteiger partial charge in [-0.25, -0.2) is 0 Å². The molecule has 0 saturated carbocycles. The van der Waals surface area contributed by atoms with Crippen LogP contribution in [0.2, 0.25) is 5.02 Å². The van der Waals surface area contributed by atoms with Crippen molar-refractivity contribution in [2.45, 2.75) is 19.8 Å². The Hall–Kier alpha value is -3.19. The summed E-state index contributed by atoms with van der Waals surface area (Å²) in [6.45, 7) is 2.58. The van der Waals surface area contributed by atoms with Crippen LogP contribution in [0.15, 0.2) is 47.0 Å². The van der Waals surface area contributed by atoms with Gasteiger partial charge in [0.05, 0.1) is 0 Å². The van der Waals surface area contributed by atoms with Crippen molar-refractivity contribution in [3.05, 3.63) is 64.5 Å². The minimum Gasteiger partial charge on any atom is -0.352 e. The normalized spacial score (nSPS) is 12.7. The fraction of sp³-hybridized carbons (Fsp3) is 0.238. The summed E-state index contributed by atoms with van der Waals surface area (Å²) in [5.41, 5.74) is 3.28. The average Bonchev–Trinajstić information content (AvgIpc) is 3.35. The first-order chi connectivity index (χ1) is 14.0. The molecule has 0 atom stereocenters. The van der Waals surface area contributed by atoms with Crippen LogP contribution in [-0.2, 0) is 17.6 Å². The van der Waals surface area contributed by atoms with Gasteiger partial charge in [-0.15, -0.1) is 0 Å². The molecule has 0 radical (unpaired) electrons. The van der Waals surface area contributed by atoms with Crippen LogP contribution in [0.25, 0.3) is 11.4 Å². The topological polar surface area (TPSA) is 88.3 Å². The van der Waals surface area contributed by atoms with Gasteiger partial charge in [0.2, 0.25) is 17.6 Å². The van der Waals surface area contributed by atoms with Crippen LogP contribution in [0.1, 0.15) is 28.7 Å². The molecule has 29 heavy (non-hydrogen) atoms. The Labute approximate surface area is 172 Å². The maximum atomic E-state index is 12.4. The highest BCUT2D eigenvalue weighted by atomic mass is 35.5. The summed E-state index contributed by atoms with van der Waals surface area (Å²) in [6.07, 6.45) is 1.18. The maximum Gasteiger partial charge on any atom is 0.251 e. The Morgan fingerprint density at radius 1 is 1.21 bits per heavy atom. The number of aromatic nitrogens is 2. The van der Waals surface area contributed by atoms with Crippen LogP contribution in [0.5, 0.6) is 0 Å². The predicted molar refractivity (Wildman–Crippen MR) is 109 cm³/mol. The average molecular weight is 411 g/mol. The lowest BCUT2D eigenvalue weighted by Gasteiger charge is -2.14. The number of carbonyl (C=O) groups excluding carboxylic acids is 2. The number of nitrogens with one attached hydrogen (secondary N) is 1. The molecular formula is C21H19ClN4O3. The lowest BCUT2D eigenvalue weighted by molar-refractivity contribution is -0.116. The van der Waals surface area contributed by atoms with Gasteiger partial charge in [-0.1, -0.05) is 16.8 Å². The molecule has 148 valence electrons. The van der Waals surface area contributed by atoms with E-state index in [2.05, 4.69) is 15.5 Å². The van der Waals surface area contributed by atoms with Crippen LogP contribution >= 0.6 is 11.6 Å². The first-order valence-electron chi connectivity index (χ1n) is 9.29. The van der Waals surface area contributed by atoms with Crippen LogP contribution in [-0.4, -0.2) is 35.0 Å². The highest BCUT2D eigenvalue weighted by Crippen LogP contribution is 2.28. The van der Waals surface area contributed by atoms with Crippen molar-refractivity contribution in [2.75, 3.05) is 18.0 Å². The van der Waals surface area contributed by atoms with Crippen molar-refractivity contribution >= 4 is 29.1 Å². The zero-order chi connectivity index (χ0) is 20.4. The number of fused-ring (bicyclic) bond motifs is 1. The second kappa shape index (κ2) is 8.05. The van der Waals surface area contributed by atoms with Crippen molar-refractivity contribution in [1.29, 1.82) is 0 Å². The quantitative estimate of drug-likeness (QED) is 0.697. The van der Waals surface area contributed by atoms with Gasteiger partial charge in [-0.2, -0.15) is 4.98 Å². The highest BCUT2D eigenvalue weighted by Gasteiger charge is 2.23. The van der Waals surface area contributed by atoms with Crippen molar-refractivity contribution < 1.29 is 14.1 Å². The number of hydrogen-bond donors (Lipinski definition) is 1. The summed E-state index contributed by atoms with van der Waals surface area (Å²) in [4.78, 5) is 30.1. The van der Waals surface area contributed by atoms with E-state index in [-0.39, 0.29) is 11.8 Å². The predicted octanol–water partition coefficient (Wildman–Crippen LogP) is 3.27. The van der Waals surface area contributed by atoms with Gasteiger partial charge in [0.15, 0.2) is 0 Å². The molecule has 7 nitrogen and oxygen atoms in total. The molecule has 0 unspecified atom stereocenters. The van der Waals surface area contributed by atoms with Crippen LogP contribution < -0.4 is 10.2 Å². The molecule has 1 aromatic heterocycles. The smallest absolute Gasteiger partial charge is 0.251 e. The molecule has 0 spiro atoms. The molecular weight excluding hydrogens is 392 g/mol. The number of anilines is 1. The third kappa shape index (κ3) is 4.14. The van der Waals surface area contributed by atoms with Crippen molar-refractivity contribution in [2.24, 2.45) is 0 Å². The zero-order valence-corrected chi connectivity index (χ0v) is 16.6. The fourth-order valence-electron chi connectivity index (χ4n) is 3.33. The molecule has 2 heterocycles. The lowest BCUT2D eigenvalue weighted by Crippen LogP contribution is -2.26. The van der Waals surface area contributed by atoms with E-state index in [0.717, 1.165) is 23.2 Å². The lowest BCUT2D eigenvalue weighted by atomic mass is 10.1. The summed E-state index contributed by atoms with van der Waals surface area (Å²) in [5.74, 6) is 0.767. The molecule has 0 aliphatic carbocycles. The summed E-state index contributed by atoms with van der Waals surface area (Å²) < 4.78 is 5.25. The molecule has 0 bridgehead atoms. The Morgan fingerprint density at radius 2 is 2.00 bits per heavy atom. The van der Waals surface area contributed by atoms with Crippen LogP contribution in [0.4, 0.5) is 5.69 Å². The number of nitrogens with zero attached hydrogens (tertiary/aromatic N) is 3. The minimum absolute atomic E-state index is 0.0125. The van der Waals surface area contributed by atoms with E-state index in [1.54, 1.807) is 30.0 Å². The number of amides is 2. The van der Waals surface area contributed by atoms with E-state index in [0.29, 0.717) is 41.8 Å². The first-order valence-corrected chi connectivity index (χ1v) is 9.67. The van der Waals surface area contributed by atoms with Gasteiger partial charge in [-0.05, 0) is 54.4 Å².